The Morgan fingerprint density at radius 2 is 0.641 bits per heavy atom. The Bertz CT molecular complexity index is 3210. The maximum Gasteiger partial charge on any atom is 0.0553 e. The number of nitrogens with zero attached hydrogens (tertiary/aromatic N) is 2. The molecule has 0 unspecified atom stereocenters. The van der Waals surface area contributed by atoms with E-state index in [0.717, 1.165) is 13.1 Å². The summed E-state index contributed by atoms with van der Waals surface area (Å²) in [6, 6.07) is 67.4. The van der Waals surface area contributed by atoms with Crippen molar-refractivity contribution < 1.29 is 0 Å². The Kier molecular flexibility index (Phi) is 9.66. The van der Waals surface area contributed by atoms with Gasteiger partial charge in [0.15, 0.2) is 0 Å². The summed E-state index contributed by atoms with van der Waals surface area (Å²) in [5.74, 6) is 0. The zero-order valence-corrected chi connectivity index (χ0v) is 37.4. The van der Waals surface area contributed by atoms with Crippen LogP contribution in [0.3, 0.4) is 0 Å². The number of hydrogen-bond donors (Lipinski definition) is 0. The van der Waals surface area contributed by atoms with Crippen LogP contribution in [-0.4, -0.2) is 13.1 Å². The van der Waals surface area contributed by atoms with Crippen LogP contribution in [0.1, 0.15) is 36.1 Å². The average Bonchev–Trinajstić information content (AvgIpc) is 3.35. The van der Waals surface area contributed by atoms with E-state index in [1.54, 1.807) is 0 Å². The summed E-state index contributed by atoms with van der Waals surface area (Å²) < 4.78 is 0. The first-order valence-electron chi connectivity index (χ1n) is 22.3. The van der Waals surface area contributed by atoms with E-state index in [1.165, 1.54) is 119 Å². The molecule has 306 valence electrons. The van der Waals surface area contributed by atoms with Gasteiger partial charge < -0.3 is 9.80 Å². The fraction of sp³-hybridized carbons (Fsp3) is 0.0667. The molecule has 64 heavy (non-hydrogen) atoms. The second kappa shape index (κ2) is 16.0. The minimum absolute atomic E-state index is 0.928. The van der Waals surface area contributed by atoms with Crippen molar-refractivity contribution in [2.45, 2.75) is 33.4 Å². The van der Waals surface area contributed by atoms with Crippen LogP contribution in [0.4, 0.5) is 22.7 Å². The maximum atomic E-state index is 2.43. The van der Waals surface area contributed by atoms with Crippen molar-refractivity contribution in [3.05, 3.63) is 204 Å². The van der Waals surface area contributed by atoms with E-state index in [2.05, 4.69) is 230 Å². The zero-order valence-electron chi connectivity index (χ0n) is 35.8. The molecule has 12 rings (SSSR count). The van der Waals surface area contributed by atoms with E-state index >= 15 is 0 Å². The summed E-state index contributed by atoms with van der Waals surface area (Å²) in [5.41, 5.74) is 12.6. The molecule has 2 nitrogen and oxygen atoms in total. The van der Waals surface area contributed by atoms with Crippen molar-refractivity contribution >= 4 is 114 Å². The third-order valence-electron chi connectivity index (χ3n) is 13.0. The third kappa shape index (κ3) is 6.35. The van der Waals surface area contributed by atoms with Crippen LogP contribution in [0.15, 0.2) is 202 Å². The van der Waals surface area contributed by atoms with E-state index in [1.807, 2.05) is 23.5 Å². The number of benzene rings is 10. The van der Waals surface area contributed by atoms with Crippen molar-refractivity contribution in [1.82, 2.24) is 0 Å². The molecule has 0 spiro atoms. The van der Waals surface area contributed by atoms with Crippen LogP contribution < -0.4 is 9.80 Å². The Morgan fingerprint density at radius 1 is 0.328 bits per heavy atom. The lowest BCUT2D eigenvalue weighted by Crippen LogP contribution is -2.19. The molecule has 0 bridgehead atoms. The molecule has 10 aromatic carbocycles. The Labute approximate surface area is 383 Å². The predicted molar refractivity (Wildman–Crippen MR) is 279 cm³/mol. The summed E-state index contributed by atoms with van der Waals surface area (Å²) in [4.78, 5) is 10.1. The lowest BCUT2D eigenvalue weighted by Gasteiger charge is -2.32. The summed E-state index contributed by atoms with van der Waals surface area (Å²) in [6.45, 7) is 6.32. The van der Waals surface area contributed by atoms with Crippen LogP contribution in [0.2, 0.25) is 0 Å². The van der Waals surface area contributed by atoms with Crippen molar-refractivity contribution in [1.29, 1.82) is 0 Å². The smallest absolute Gasteiger partial charge is 0.0553 e. The predicted octanol–water partition coefficient (Wildman–Crippen LogP) is 17.6. The van der Waals surface area contributed by atoms with E-state index < -0.39 is 0 Å². The standard InChI is InChI=1S/C60H44N2S2/c1-3-61-51-25-13-15-27-55(51)63-57-37-39(31-35-53(57)61)29-33-45-41-17-5-9-21-47(41)59(48-22-10-6-18-42(45)48)60-49-23-11-7-19-43(49)46(44-20-8-12-24-50(44)60)34-30-40-32-36-54-58(38-40)64-56-28-16-14-26-52(56)62(54)4-2/h5-38H,3-4H2,1-2H3/b33-29+,34-30+. The Morgan fingerprint density at radius 3 is 1.00 bits per heavy atom. The van der Waals surface area contributed by atoms with Crippen molar-refractivity contribution in [2.24, 2.45) is 0 Å². The molecule has 0 radical (unpaired) electrons. The molecule has 0 saturated carbocycles. The van der Waals surface area contributed by atoms with Crippen LogP contribution in [-0.2, 0) is 0 Å². The van der Waals surface area contributed by atoms with E-state index in [0.29, 0.717) is 0 Å². The topological polar surface area (TPSA) is 6.48 Å². The van der Waals surface area contributed by atoms with Crippen LogP contribution in [0.5, 0.6) is 0 Å². The maximum absolute atomic E-state index is 2.43. The fourth-order valence-electron chi connectivity index (χ4n) is 10.2. The first-order valence-corrected chi connectivity index (χ1v) is 23.9. The highest BCUT2D eigenvalue weighted by atomic mass is 32.2. The van der Waals surface area contributed by atoms with Gasteiger partial charge in [0, 0.05) is 32.7 Å². The quantitative estimate of drug-likeness (QED) is 0.116. The second-order valence-electron chi connectivity index (χ2n) is 16.5. The molecule has 10 aromatic rings. The molecular weight excluding hydrogens is 813 g/mol. The van der Waals surface area contributed by atoms with Gasteiger partial charge >= 0.3 is 0 Å². The van der Waals surface area contributed by atoms with Crippen LogP contribution in [0, 0.1) is 0 Å². The van der Waals surface area contributed by atoms with E-state index in [4.69, 9.17) is 0 Å². The number of fused-ring (bicyclic) bond motifs is 8. The van der Waals surface area contributed by atoms with Gasteiger partial charge in [-0.15, -0.1) is 0 Å². The van der Waals surface area contributed by atoms with E-state index in [9.17, 15) is 0 Å². The van der Waals surface area contributed by atoms with Gasteiger partial charge in [0.25, 0.3) is 0 Å². The normalized spacial score (nSPS) is 13.3. The van der Waals surface area contributed by atoms with Crippen molar-refractivity contribution in [3.63, 3.8) is 0 Å². The molecule has 0 N–H and O–H groups in total. The first-order chi connectivity index (χ1) is 31.7. The average molecular weight is 857 g/mol. The molecule has 0 saturated heterocycles. The number of para-hydroxylation sites is 2. The number of rotatable bonds is 7. The monoisotopic (exact) mass is 856 g/mol. The molecule has 0 atom stereocenters. The van der Waals surface area contributed by atoms with Crippen LogP contribution >= 0.6 is 23.5 Å². The minimum atomic E-state index is 0.928. The molecule has 4 heteroatoms. The molecule has 0 aromatic heterocycles. The second-order valence-corrected chi connectivity index (χ2v) is 18.7. The van der Waals surface area contributed by atoms with Crippen LogP contribution in [0.25, 0.3) is 78.5 Å². The highest BCUT2D eigenvalue weighted by molar-refractivity contribution is 8.00. The van der Waals surface area contributed by atoms with Gasteiger partial charge in [0.1, 0.15) is 0 Å². The van der Waals surface area contributed by atoms with Gasteiger partial charge in [-0.1, -0.05) is 181 Å². The molecule has 2 aliphatic rings. The fourth-order valence-corrected chi connectivity index (χ4v) is 12.5. The van der Waals surface area contributed by atoms with Crippen molar-refractivity contribution in [3.8, 4) is 11.1 Å². The SMILES string of the molecule is CCN1c2ccccc2Sc2cc(/C=C/c3c4ccccc4c(-c4c5ccccc5c(/C=C/c5ccc6c(c5)Sc5ccccc5N6CC)c5ccccc45)c4ccccc34)ccc21. The van der Waals surface area contributed by atoms with Gasteiger partial charge in [-0.25, -0.2) is 0 Å². The third-order valence-corrected chi connectivity index (χ3v) is 15.2. The number of anilines is 4. The molecule has 0 aliphatic carbocycles. The zero-order chi connectivity index (χ0) is 42.7. The first kappa shape index (κ1) is 38.7. The molecule has 2 heterocycles. The summed E-state index contributed by atoms with van der Waals surface area (Å²) in [7, 11) is 0. The molecule has 0 fully saturated rings. The van der Waals surface area contributed by atoms with E-state index in [-0.39, 0.29) is 0 Å². The lowest BCUT2D eigenvalue weighted by atomic mass is 9.82. The van der Waals surface area contributed by atoms with Gasteiger partial charge in [0.2, 0.25) is 0 Å². The largest absolute Gasteiger partial charge is 0.340 e. The summed E-state index contributed by atoms with van der Waals surface area (Å²) >= 11 is 3.74. The lowest BCUT2D eigenvalue weighted by molar-refractivity contribution is 0.979. The molecule has 0 amide bonds. The Balaban J connectivity index is 0.992. The molecular formula is C60H44N2S2. The van der Waals surface area contributed by atoms with Gasteiger partial charge in [-0.2, -0.15) is 0 Å². The minimum Gasteiger partial charge on any atom is -0.340 e. The number of hydrogen-bond acceptors (Lipinski definition) is 4. The summed E-state index contributed by atoms with van der Waals surface area (Å²) in [5, 5.41) is 10.0. The van der Waals surface area contributed by atoms with Crippen molar-refractivity contribution in [2.75, 3.05) is 22.9 Å². The van der Waals surface area contributed by atoms with Gasteiger partial charge in [-0.3, -0.25) is 0 Å². The summed E-state index contributed by atoms with van der Waals surface area (Å²) in [6.07, 6.45) is 9.29. The Hall–Kier alpha value is -6.98. The van der Waals surface area contributed by atoms with Gasteiger partial charge in [0.05, 0.1) is 22.7 Å². The molecule has 2 aliphatic heterocycles. The highest BCUT2D eigenvalue weighted by Gasteiger charge is 2.24. The van der Waals surface area contributed by atoms with Gasteiger partial charge in [-0.05, 0) is 139 Å². The highest BCUT2D eigenvalue weighted by Crippen LogP contribution is 2.51.